The molecule has 30 aromatic rings. The van der Waals surface area contributed by atoms with Crippen LogP contribution in [0.1, 0.15) is 0 Å². The van der Waals surface area contributed by atoms with E-state index in [0.29, 0.717) is 0 Å². The summed E-state index contributed by atoms with van der Waals surface area (Å²) >= 11 is 3.77. The molecule has 135 heavy (non-hydrogen) atoms. The molecule has 0 aliphatic heterocycles. The lowest BCUT2D eigenvalue weighted by Gasteiger charge is -2.11. The summed E-state index contributed by atoms with van der Waals surface area (Å²) in [5.74, 6) is 0. The predicted molar refractivity (Wildman–Crippen MR) is 575 cm³/mol. The highest BCUT2D eigenvalue weighted by Gasteiger charge is 2.27. The van der Waals surface area contributed by atoms with Crippen molar-refractivity contribution < 1.29 is 4.42 Å². The Morgan fingerprint density at radius 3 is 0.837 bits per heavy atom. The molecule has 9 heterocycles. The van der Waals surface area contributed by atoms with Crippen LogP contribution in [0.15, 0.2) is 478 Å². The van der Waals surface area contributed by atoms with Crippen molar-refractivity contribution in [2.45, 2.75) is 0 Å². The summed E-state index contributed by atoms with van der Waals surface area (Å²) in [6.07, 6.45) is 0. The Morgan fingerprint density at radius 2 is 0.430 bits per heavy atom. The maximum atomic E-state index is 6.05. The standard InChI is InChI=1S/C48H30N2O.C42H26N2S.C36H22N2S/c1-2-10-35(11-3-1)49-41-15-7-4-13-38(41)47-43(49)27-28-44-48(47)39-14-5-8-16-42(39)50(44)36-25-22-32(23-26-36)31-18-20-33(21-19-31)34-24-29-46-40(30-34)37-12-6-9-17-45(37)51-46;1-2-11-28(12-3-1)43-35-18-7-4-14-33(35)40-37(43)25-26-38-41(40)34-15-5-8-19-36(34)44(38)29-23-21-27(22-24-29)30-16-10-17-32-31-13-6-9-20-39(31)45-42(30)32;1-2-11-23(12-3-1)37-28-17-7-4-14-26(28)34-30(37)21-22-31-35(34)27-15-5-8-18-29(27)38(31)32-19-10-16-25-24-13-6-9-20-33(24)39-36(25)32/h1-30H;1-26H;1-22H. The average Bonchev–Trinajstić information content (AvgIpc) is 1.56. The summed E-state index contributed by atoms with van der Waals surface area (Å²) < 4.78 is 25.9. The monoisotopic (exact) mass is 1750 g/mol. The summed E-state index contributed by atoms with van der Waals surface area (Å²) in [7, 11) is 0. The topological polar surface area (TPSA) is 42.7 Å². The summed E-state index contributed by atoms with van der Waals surface area (Å²) in [4.78, 5) is 0. The van der Waals surface area contributed by atoms with Crippen LogP contribution in [-0.2, 0) is 0 Å². The van der Waals surface area contributed by atoms with E-state index in [1.807, 2.05) is 34.8 Å². The molecule has 0 saturated carbocycles. The van der Waals surface area contributed by atoms with Gasteiger partial charge in [-0.1, -0.05) is 303 Å². The fourth-order valence-corrected chi connectivity index (χ4v) is 24.6. The smallest absolute Gasteiger partial charge is 0.135 e. The first kappa shape index (κ1) is 76.5. The van der Waals surface area contributed by atoms with Crippen molar-refractivity contribution in [1.82, 2.24) is 27.4 Å². The van der Waals surface area contributed by atoms with E-state index in [2.05, 4.69) is 488 Å². The minimum Gasteiger partial charge on any atom is -0.456 e. The largest absolute Gasteiger partial charge is 0.456 e. The first-order valence-electron chi connectivity index (χ1n) is 46.1. The zero-order valence-electron chi connectivity index (χ0n) is 72.9. The molecule has 9 heteroatoms. The molecule has 30 rings (SSSR count). The molecule has 0 atom stereocenters. The molecular formula is C126H78N6OS2. The number of rotatable bonds is 9. The third-order valence-electron chi connectivity index (χ3n) is 28.0. The summed E-state index contributed by atoms with van der Waals surface area (Å²) in [6, 6.07) is 172. The van der Waals surface area contributed by atoms with Crippen molar-refractivity contribution >= 4 is 216 Å². The Kier molecular flexibility index (Phi) is 17.4. The second kappa shape index (κ2) is 30.6. The van der Waals surface area contributed by atoms with Gasteiger partial charge in [0.25, 0.3) is 0 Å². The van der Waals surface area contributed by atoms with Gasteiger partial charge in [-0.25, -0.2) is 0 Å². The van der Waals surface area contributed by atoms with Crippen molar-refractivity contribution in [2.24, 2.45) is 0 Å². The molecule has 0 spiro atoms. The van der Waals surface area contributed by atoms with Crippen LogP contribution in [0.4, 0.5) is 0 Å². The molecule has 0 amide bonds. The van der Waals surface area contributed by atoms with Gasteiger partial charge in [-0.3, -0.25) is 0 Å². The summed E-state index contributed by atoms with van der Waals surface area (Å²) in [5, 5.41) is 23.1. The molecule has 0 aliphatic carbocycles. The Balaban J connectivity index is 0.000000101. The third-order valence-corrected chi connectivity index (χ3v) is 30.4. The van der Waals surface area contributed by atoms with Gasteiger partial charge in [0, 0.05) is 139 Å². The maximum Gasteiger partial charge on any atom is 0.135 e. The second-order valence-electron chi connectivity index (χ2n) is 35.2. The van der Waals surface area contributed by atoms with Crippen molar-refractivity contribution in [3.8, 4) is 67.5 Å². The number of aromatic nitrogens is 6. The lowest BCUT2D eigenvalue weighted by Crippen LogP contribution is -1.94. The number of nitrogens with zero attached hydrogens (tertiary/aromatic N) is 6. The molecule has 630 valence electrons. The van der Waals surface area contributed by atoms with Crippen LogP contribution in [0, 0.1) is 0 Å². The Hall–Kier alpha value is -17.3. The Bertz CT molecular complexity index is 10100. The lowest BCUT2D eigenvalue weighted by molar-refractivity contribution is 0.669. The van der Waals surface area contributed by atoms with Gasteiger partial charge in [0.1, 0.15) is 11.2 Å². The van der Waals surface area contributed by atoms with E-state index in [1.54, 1.807) is 0 Å². The van der Waals surface area contributed by atoms with Gasteiger partial charge in [0.2, 0.25) is 0 Å². The zero-order chi connectivity index (χ0) is 88.5. The molecule has 9 aromatic heterocycles. The fourth-order valence-electron chi connectivity index (χ4n) is 22.2. The quantitative estimate of drug-likeness (QED) is 0.142. The van der Waals surface area contributed by atoms with Gasteiger partial charge in [-0.05, 0) is 203 Å². The molecule has 0 unspecified atom stereocenters. The highest BCUT2D eigenvalue weighted by atomic mass is 32.1. The minimum absolute atomic E-state index is 0.920. The maximum absolute atomic E-state index is 6.05. The van der Waals surface area contributed by atoms with Crippen molar-refractivity contribution in [2.75, 3.05) is 0 Å². The molecule has 0 saturated heterocycles. The van der Waals surface area contributed by atoms with Crippen LogP contribution < -0.4 is 0 Å². The second-order valence-corrected chi connectivity index (χ2v) is 37.3. The highest BCUT2D eigenvalue weighted by Crippen LogP contribution is 2.50. The van der Waals surface area contributed by atoms with Crippen molar-refractivity contribution in [3.05, 3.63) is 473 Å². The van der Waals surface area contributed by atoms with Gasteiger partial charge in [0.15, 0.2) is 0 Å². The number of fused-ring (bicyclic) bond motifs is 30. The number of benzene rings is 21. The van der Waals surface area contributed by atoms with E-state index >= 15 is 0 Å². The van der Waals surface area contributed by atoms with E-state index < -0.39 is 0 Å². The van der Waals surface area contributed by atoms with E-state index in [4.69, 9.17) is 4.42 Å². The third kappa shape index (κ3) is 11.9. The Labute approximate surface area is 782 Å². The van der Waals surface area contributed by atoms with E-state index in [0.717, 1.165) is 27.6 Å². The Morgan fingerprint density at radius 1 is 0.156 bits per heavy atom. The zero-order valence-corrected chi connectivity index (χ0v) is 74.6. The van der Waals surface area contributed by atoms with Gasteiger partial charge >= 0.3 is 0 Å². The first-order chi connectivity index (χ1) is 67.0. The number of furan rings is 1. The van der Waals surface area contributed by atoms with Crippen LogP contribution in [-0.4, -0.2) is 27.4 Å². The molecule has 0 aliphatic rings. The van der Waals surface area contributed by atoms with Crippen LogP contribution in [0.5, 0.6) is 0 Å². The lowest BCUT2D eigenvalue weighted by atomic mass is 9.99. The van der Waals surface area contributed by atoms with E-state index in [9.17, 15) is 0 Å². The van der Waals surface area contributed by atoms with Crippen LogP contribution in [0.2, 0.25) is 0 Å². The minimum atomic E-state index is 0.920. The van der Waals surface area contributed by atoms with E-state index in [-0.39, 0.29) is 0 Å². The summed E-state index contributed by atoms with van der Waals surface area (Å²) in [6.45, 7) is 0. The molecule has 21 aromatic carbocycles. The number of hydrogen-bond donors (Lipinski definition) is 0. The normalized spacial score (nSPS) is 12.0. The van der Waals surface area contributed by atoms with Crippen LogP contribution in [0.25, 0.3) is 261 Å². The van der Waals surface area contributed by atoms with Crippen molar-refractivity contribution in [1.29, 1.82) is 0 Å². The molecule has 0 radical (unpaired) electrons. The number of hydrogen-bond acceptors (Lipinski definition) is 3. The first-order valence-corrected chi connectivity index (χ1v) is 47.7. The SMILES string of the molecule is c1ccc(-n2c3ccccc3c3c4c5ccccc5n(-c5ccc(-c6ccc(-c7ccc8oc9ccccc9c8c7)cc6)cc5)c4ccc32)cc1.c1ccc(-n2c3ccccc3c3c4c5ccccc5n(-c5ccc(-c6cccc7c6sc6ccccc67)cc5)c4ccc32)cc1.c1ccc(-n2c3ccccc3c3c4c5ccccc5n(-c5cccc6c5sc5ccccc56)c4ccc32)cc1. The summed E-state index contributed by atoms with van der Waals surface area (Å²) in [5.41, 5.74) is 30.9. The highest BCUT2D eigenvalue weighted by molar-refractivity contribution is 7.26. The van der Waals surface area contributed by atoms with Gasteiger partial charge in [0.05, 0.1) is 76.6 Å². The number of thiophene rings is 2. The van der Waals surface area contributed by atoms with Crippen LogP contribution >= 0.6 is 22.7 Å². The molecule has 0 bridgehead atoms. The number of para-hydroxylation sites is 10. The molecular weight excluding hydrogens is 1680 g/mol. The van der Waals surface area contributed by atoms with E-state index in [1.165, 1.54) is 233 Å². The fraction of sp³-hybridized carbons (Fsp3) is 0. The molecule has 0 fully saturated rings. The molecule has 7 nitrogen and oxygen atoms in total. The van der Waals surface area contributed by atoms with Crippen LogP contribution in [0.3, 0.4) is 0 Å². The van der Waals surface area contributed by atoms with Gasteiger partial charge < -0.3 is 31.8 Å². The predicted octanol–water partition coefficient (Wildman–Crippen LogP) is 35.3. The molecule has 0 N–H and O–H groups in total. The average molecular weight is 1760 g/mol. The van der Waals surface area contributed by atoms with Gasteiger partial charge in [-0.2, -0.15) is 0 Å². The van der Waals surface area contributed by atoms with Crippen molar-refractivity contribution in [3.63, 3.8) is 0 Å². The van der Waals surface area contributed by atoms with Gasteiger partial charge in [-0.15, -0.1) is 22.7 Å².